The van der Waals surface area contributed by atoms with Gasteiger partial charge in [-0.1, -0.05) is 12.7 Å². The van der Waals surface area contributed by atoms with E-state index in [1.165, 1.54) is 12.1 Å². The molecule has 0 aliphatic heterocycles. The van der Waals surface area contributed by atoms with Crippen LogP contribution in [0.5, 0.6) is 5.75 Å². The van der Waals surface area contributed by atoms with Crippen molar-refractivity contribution in [3.8, 4) is 11.8 Å². The molecular weight excluding hydrogens is 559 g/mol. The summed E-state index contributed by atoms with van der Waals surface area (Å²) in [4.78, 5) is 7.37. The van der Waals surface area contributed by atoms with Gasteiger partial charge in [-0.25, -0.2) is 9.37 Å². The summed E-state index contributed by atoms with van der Waals surface area (Å²) in [6, 6.07) is 10.3. The number of aromatic nitrogens is 2. The summed E-state index contributed by atoms with van der Waals surface area (Å²) in [6.45, 7) is 4.08. The number of halogens is 3. The first kappa shape index (κ1) is 18.8. The van der Waals surface area contributed by atoms with E-state index in [-0.39, 0.29) is 5.82 Å². The first-order valence-corrected chi connectivity index (χ1v) is 9.67. The zero-order chi connectivity index (χ0) is 18.7. The van der Waals surface area contributed by atoms with Gasteiger partial charge < -0.3 is 9.72 Å². The minimum absolute atomic E-state index is 0.352. The molecule has 0 spiro atoms. The van der Waals surface area contributed by atoms with Crippen LogP contribution in [0.3, 0.4) is 0 Å². The summed E-state index contributed by atoms with van der Waals surface area (Å²) >= 11 is 4.40. The molecule has 0 bridgehead atoms. The molecule has 4 nitrogen and oxygen atoms in total. The molecule has 130 valence electrons. The van der Waals surface area contributed by atoms with Crippen molar-refractivity contribution >= 4 is 67.9 Å². The fraction of sp³-hybridized carbons (Fsp3) is 0.0526. The quantitative estimate of drug-likeness (QED) is 0.249. The minimum Gasteiger partial charge on any atom is -0.487 e. The van der Waals surface area contributed by atoms with Crippen molar-refractivity contribution < 1.29 is 9.13 Å². The SMILES string of the molecule is C=CCOc1c(I)cc(/C=C(/C#N)c2nc3ccc(F)cc3[nH]2)cc1I. The smallest absolute Gasteiger partial charge is 0.149 e. The minimum atomic E-state index is -0.352. The molecular formula is C19H12FI2N3O. The average molecular weight is 571 g/mol. The molecule has 2 aromatic carbocycles. The Labute approximate surface area is 177 Å². The highest BCUT2D eigenvalue weighted by Gasteiger charge is 2.11. The number of fused-ring (bicyclic) bond motifs is 1. The number of hydrogen-bond acceptors (Lipinski definition) is 3. The summed E-state index contributed by atoms with van der Waals surface area (Å²) in [5.41, 5.74) is 2.39. The van der Waals surface area contributed by atoms with Crippen LogP contribution < -0.4 is 4.74 Å². The third-order valence-corrected chi connectivity index (χ3v) is 5.10. The number of benzene rings is 2. The van der Waals surface area contributed by atoms with Gasteiger partial charge in [-0.3, -0.25) is 0 Å². The molecule has 0 fully saturated rings. The Hall–Kier alpha value is -1.93. The molecule has 26 heavy (non-hydrogen) atoms. The normalized spacial score (nSPS) is 11.4. The third-order valence-electron chi connectivity index (χ3n) is 3.50. The van der Waals surface area contributed by atoms with Gasteiger partial charge in [-0.15, -0.1) is 0 Å². The molecule has 1 heterocycles. The van der Waals surface area contributed by atoms with Gasteiger partial charge in [0.2, 0.25) is 0 Å². The van der Waals surface area contributed by atoms with E-state index < -0.39 is 0 Å². The second-order valence-corrected chi connectivity index (χ2v) is 7.65. The summed E-state index contributed by atoms with van der Waals surface area (Å²) < 4.78 is 20.9. The van der Waals surface area contributed by atoms with E-state index in [0.29, 0.717) is 29.0 Å². The van der Waals surface area contributed by atoms with E-state index >= 15 is 0 Å². The second-order valence-electron chi connectivity index (χ2n) is 5.33. The number of ether oxygens (including phenoxy) is 1. The molecule has 3 rings (SSSR count). The Morgan fingerprint density at radius 2 is 2.04 bits per heavy atom. The average Bonchev–Trinajstić information content (AvgIpc) is 3.01. The predicted octanol–water partition coefficient (Wildman–Crippen LogP) is 5.54. The number of rotatable bonds is 5. The fourth-order valence-electron chi connectivity index (χ4n) is 2.37. The number of nitriles is 1. The van der Waals surface area contributed by atoms with Crippen molar-refractivity contribution in [2.24, 2.45) is 0 Å². The summed E-state index contributed by atoms with van der Waals surface area (Å²) in [7, 11) is 0. The maximum atomic E-state index is 13.3. The third kappa shape index (κ3) is 4.07. The van der Waals surface area contributed by atoms with Gasteiger partial charge in [-0.2, -0.15) is 5.26 Å². The van der Waals surface area contributed by atoms with Crippen molar-refractivity contribution in [1.29, 1.82) is 5.26 Å². The number of H-pyrrole nitrogens is 1. The fourth-order valence-corrected chi connectivity index (χ4v) is 4.50. The Morgan fingerprint density at radius 3 is 2.69 bits per heavy atom. The van der Waals surface area contributed by atoms with Crippen LogP contribution in [0.25, 0.3) is 22.7 Å². The highest BCUT2D eigenvalue weighted by Crippen LogP contribution is 2.30. The summed E-state index contributed by atoms with van der Waals surface area (Å²) in [6.07, 6.45) is 3.44. The lowest BCUT2D eigenvalue weighted by Gasteiger charge is -2.09. The van der Waals surface area contributed by atoms with Crippen molar-refractivity contribution in [3.63, 3.8) is 0 Å². The van der Waals surface area contributed by atoms with Crippen LogP contribution in [0.1, 0.15) is 11.4 Å². The van der Waals surface area contributed by atoms with Crippen molar-refractivity contribution in [3.05, 3.63) is 67.3 Å². The van der Waals surface area contributed by atoms with Crippen LogP contribution in [0.2, 0.25) is 0 Å². The largest absolute Gasteiger partial charge is 0.487 e. The summed E-state index contributed by atoms with van der Waals surface area (Å²) in [5, 5.41) is 9.54. The molecule has 0 saturated carbocycles. The lowest BCUT2D eigenvalue weighted by atomic mass is 10.1. The Balaban J connectivity index is 2.00. The van der Waals surface area contributed by atoms with Crippen LogP contribution in [-0.2, 0) is 0 Å². The van der Waals surface area contributed by atoms with Crippen LogP contribution in [0.4, 0.5) is 4.39 Å². The van der Waals surface area contributed by atoms with E-state index in [1.54, 1.807) is 18.2 Å². The van der Waals surface area contributed by atoms with E-state index in [0.717, 1.165) is 18.5 Å². The zero-order valence-electron chi connectivity index (χ0n) is 13.4. The molecule has 0 saturated heterocycles. The second kappa shape index (κ2) is 8.18. The Morgan fingerprint density at radius 1 is 1.31 bits per heavy atom. The number of imidazole rings is 1. The van der Waals surface area contributed by atoms with Crippen LogP contribution in [-0.4, -0.2) is 16.6 Å². The number of nitrogens with zero attached hydrogens (tertiary/aromatic N) is 2. The molecule has 1 aromatic heterocycles. The van der Waals surface area contributed by atoms with Gasteiger partial charge in [0, 0.05) is 0 Å². The number of allylic oxidation sites excluding steroid dienone is 1. The lowest BCUT2D eigenvalue weighted by Crippen LogP contribution is -1.98. The number of nitrogens with one attached hydrogen (secondary N) is 1. The van der Waals surface area contributed by atoms with E-state index in [2.05, 4.69) is 67.8 Å². The molecule has 0 aliphatic carbocycles. The maximum absolute atomic E-state index is 13.3. The molecule has 0 aliphatic rings. The first-order valence-electron chi connectivity index (χ1n) is 7.52. The highest BCUT2D eigenvalue weighted by atomic mass is 127. The van der Waals surface area contributed by atoms with Crippen molar-refractivity contribution in [1.82, 2.24) is 9.97 Å². The molecule has 7 heteroatoms. The van der Waals surface area contributed by atoms with Crippen LogP contribution in [0, 0.1) is 24.3 Å². The first-order chi connectivity index (χ1) is 12.5. The molecule has 1 N–H and O–H groups in total. The molecule has 3 aromatic rings. The van der Waals surface area contributed by atoms with Crippen LogP contribution >= 0.6 is 45.2 Å². The predicted molar refractivity (Wildman–Crippen MR) is 117 cm³/mol. The number of hydrogen-bond donors (Lipinski definition) is 1. The Bertz CT molecular complexity index is 1040. The van der Waals surface area contributed by atoms with Gasteiger partial charge in [0.05, 0.1) is 23.7 Å². The topological polar surface area (TPSA) is 61.7 Å². The van der Waals surface area contributed by atoms with Crippen molar-refractivity contribution in [2.75, 3.05) is 6.61 Å². The summed E-state index contributed by atoms with van der Waals surface area (Å²) in [5.74, 6) is 0.848. The van der Waals surface area contributed by atoms with Gasteiger partial charge in [-0.05, 0) is 87.2 Å². The van der Waals surface area contributed by atoms with Gasteiger partial charge in [0.1, 0.15) is 30.1 Å². The van der Waals surface area contributed by atoms with Crippen molar-refractivity contribution in [2.45, 2.75) is 0 Å². The number of aromatic amines is 1. The molecule has 0 amide bonds. The van der Waals surface area contributed by atoms with E-state index in [9.17, 15) is 9.65 Å². The molecule has 0 radical (unpaired) electrons. The highest BCUT2D eigenvalue weighted by molar-refractivity contribution is 14.1. The molecule has 0 unspecified atom stereocenters. The lowest BCUT2D eigenvalue weighted by molar-refractivity contribution is 0.358. The van der Waals surface area contributed by atoms with Gasteiger partial charge in [0.25, 0.3) is 0 Å². The Kier molecular flexibility index (Phi) is 5.93. The van der Waals surface area contributed by atoms with Crippen LogP contribution in [0.15, 0.2) is 43.0 Å². The standard InChI is InChI=1S/C19H12FI2N3O/c1-2-5-26-18-14(21)7-11(8-15(18)22)6-12(10-23)19-24-16-4-3-13(20)9-17(16)25-19/h2-4,6-9H,1,5H2,(H,24,25)/b12-6-. The molecule has 0 atom stereocenters. The van der Waals surface area contributed by atoms with E-state index in [4.69, 9.17) is 4.74 Å². The van der Waals surface area contributed by atoms with Gasteiger partial charge >= 0.3 is 0 Å². The van der Waals surface area contributed by atoms with E-state index in [1.807, 2.05) is 12.1 Å². The zero-order valence-corrected chi connectivity index (χ0v) is 17.7. The van der Waals surface area contributed by atoms with Gasteiger partial charge in [0.15, 0.2) is 0 Å². The monoisotopic (exact) mass is 571 g/mol. The maximum Gasteiger partial charge on any atom is 0.149 e.